The predicted octanol–water partition coefficient (Wildman–Crippen LogP) is 1.65. The second kappa shape index (κ2) is 3.14. The van der Waals surface area contributed by atoms with Crippen molar-refractivity contribution in [1.29, 1.82) is 0 Å². The minimum Gasteiger partial charge on any atom is -0.417 e. The first-order valence-electron chi connectivity index (χ1n) is 4.07. The Morgan fingerprint density at radius 3 is 2.93 bits per heavy atom. The molecule has 0 N–H and O–H groups in total. The molecule has 0 unspecified atom stereocenters. The SMILES string of the molecule is COn1cc(C=O)c2c(F)cccc21. The minimum atomic E-state index is -0.416. The molecule has 72 valence electrons. The highest BCUT2D eigenvalue weighted by molar-refractivity contribution is 5.97. The van der Waals surface area contributed by atoms with E-state index in [1.807, 2.05) is 0 Å². The summed E-state index contributed by atoms with van der Waals surface area (Å²) in [5.74, 6) is -0.416. The second-order valence-electron chi connectivity index (χ2n) is 2.84. The average Bonchev–Trinajstić information content (AvgIpc) is 2.57. The molecule has 0 saturated heterocycles. The van der Waals surface area contributed by atoms with Gasteiger partial charge in [-0.15, -0.1) is 0 Å². The molecule has 2 rings (SSSR count). The molecule has 0 aliphatic heterocycles. The van der Waals surface area contributed by atoms with Gasteiger partial charge in [-0.05, 0) is 12.1 Å². The first-order chi connectivity index (χ1) is 6.77. The Hall–Kier alpha value is -1.84. The molecule has 1 heterocycles. The van der Waals surface area contributed by atoms with E-state index in [4.69, 9.17) is 4.84 Å². The number of nitrogens with zero attached hydrogens (tertiary/aromatic N) is 1. The molecule has 0 radical (unpaired) electrons. The van der Waals surface area contributed by atoms with Gasteiger partial charge in [0, 0.05) is 10.9 Å². The number of benzene rings is 1. The summed E-state index contributed by atoms with van der Waals surface area (Å²) in [7, 11) is 1.46. The molecule has 1 aromatic heterocycles. The summed E-state index contributed by atoms with van der Waals surface area (Å²) in [5.41, 5.74) is 0.842. The number of hydrogen-bond acceptors (Lipinski definition) is 2. The van der Waals surface area contributed by atoms with E-state index in [0.29, 0.717) is 22.8 Å². The monoisotopic (exact) mass is 193 g/mol. The Labute approximate surface area is 79.7 Å². The summed E-state index contributed by atoms with van der Waals surface area (Å²) in [6.45, 7) is 0. The number of rotatable bonds is 2. The van der Waals surface area contributed by atoms with Crippen molar-refractivity contribution in [3.05, 3.63) is 35.8 Å². The van der Waals surface area contributed by atoms with E-state index in [1.54, 1.807) is 12.1 Å². The van der Waals surface area contributed by atoms with Gasteiger partial charge in [0.25, 0.3) is 0 Å². The van der Waals surface area contributed by atoms with Crippen LogP contribution in [0, 0.1) is 5.82 Å². The topological polar surface area (TPSA) is 31.2 Å². The van der Waals surface area contributed by atoms with Gasteiger partial charge in [0.1, 0.15) is 12.9 Å². The molecule has 0 spiro atoms. The van der Waals surface area contributed by atoms with Crippen molar-refractivity contribution in [2.24, 2.45) is 0 Å². The van der Waals surface area contributed by atoms with Gasteiger partial charge in [0.2, 0.25) is 0 Å². The number of aromatic nitrogens is 1. The van der Waals surface area contributed by atoms with Gasteiger partial charge in [0.15, 0.2) is 6.29 Å². The zero-order valence-electron chi connectivity index (χ0n) is 7.53. The van der Waals surface area contributed by atoms with Crippen molar-refractivity contribution in [2.75, 3.05) is 7.11 Å². The van der Waals surface area contributed by atoms with Crippen LogP contribution in [0.4, 0.5) is 4.39 Å². The summed E-state index contributed by atoms with van der Waals surface area (Å²) >= 11 is 0. The van der Waals surface area contributed by atoms with E-state index in [0.717, 1.165) is 0 Å². The maximum absolute atomic E-state index is 13.4. The van der Waals surface area contributed by atoms with Gasteiger partial charge < -0.3 is 4.84 Å². The van der Waals surface area contributed by atoms with Crippen LogP contribution in [0.2, 0.25) is 0 Å². The Balaban J connectivity index is 2.89. The third-order valence-electron chi connectivity index (χ3n) is 2.10. The van der Waals surface area contributed by atoms with Crippen LogP contribution in [0.1, 0.15) is 10.4 Å². The number of aldehydes is 1. The Bertz CT molecular complexity index is 490. The predicted molar refractivity (Wildman–Crippen MR) is 49.8 cm³/mol. The van der Waals surface area contributed by atoms with Crippen LogP contribution in [0.25, 0.3) is 10.9 Å². The lowest BCUT2D eigenvalue weighted by Gasteiger charge is -2.00. The molecular formula is C10H8FNO2. The van der Waals surface area contributed by atoms with Crippen LogP contribution < -0.4 is 4.84 Å². The van der Waals surface area contributed by atoms with E-state index in [2.05, 4.69) is 0 Å². The molecule has 0 saturated carbocycles. The van der Waals surface area contributed by atoms with Gasteiger partial charge in [-0.25, -0.2) is 4.39 Å². The summed E-state index contributed by atoms with van der Waals surface area (Å²) in [6, 6.07) is 4.58. The number of halogens is 1. The van der Waals surface area contributed by atoms with Crippen LogP contribution in [-0.4, -0.2) is 18.1 Å². The first kappa shape index (κ1) is 8.74. The van der Waals surface area contributed by atoms with Crippen molar-refractivity contribution in [2.45, 2.75) is 0 Å². The quantitative estimate of drug-likeness (QED) is 0.679. The van der Waals surface area contributed by atoms with Gasteiger partial charge in [-0.3, -0.25) is 4.79 Å². The van der Waals surface area contributed by atoms with E-state index >= 15 is 0 Å². The molecule has 0 fully saturated rings. The molecule has 1 aromatic carbocycles. The molecule has 0 atom stereocenters. The maximum atomic E-state index is 13.4. The number of hydrogen-bond donors (Lipinski definition) is 0. The fourth-order valence-corrected chi connectivity index (χ4v) is 1.48. The van der Waals surface area contributed by atoms with Gasteiger partial charge in [-0.2, -0.15) is 4.73 Å². The molecule has 14 heavy (non-hydrogen) atoms. The summed E-state index contributed by atoms with van der Waals surface area (Å²) in [6.07, 6.45) is 2.07. The van der Waals surface area contributed by atoms with Crippen molar-refractivity contribution in [1.82, 2.24) is 4.73 Å². The van der Waals surface area contributed by atoms with Crippen LogP contribution in [-0.2, 0) is 0 Å². The summed E-state index contributed by atoms with van der Waals surface area (Å²) < 4.78 is 14.7. The number of carbonyl (C=O) groups is 1. The zero-order valence-corrected chi connectivity index (χ0v) is 7.53. The lowest BCUT2D eigenvalue weighted by atomic mass is 10.2. The number of carbonyl (C=O) groups excluding carboxylic acids is 1. The smallest absolute Gasteiger partial charge is 0.152 e. The Kier molecular flexibility index (Phi) is 1.96. The second-order valence-corrected chi connectivity index (χ2v) is 2.84. The van der Waals surface area contributed by atoms with Crippen molar-refractivity contribution >= 4 is 17.2 Å². The zero-order chi connectivity index (χ0) is 10.1. The first-order valence-corrected chi connectivity index (χ1v) is 4.07. The van der Waals surface area contributed by atoms with Crippen LogP contribution in [0.5, 0.6) is 0 Å². The summed E-state index contributed by atoms with van der Waals surface area (Å²) in [4.78, 5) is 15.6. The number of fused-ring (bicyclic) bond motifs is 1. The van der Waals surface area contributed by atoms with Gasteiger partial charge in [-0.1, -0.05) is 6.07 Å². The molecule has 0 bridgehead atoms. The normalized spacial score (nSPS) is 10.4. The largest absolute Gasteiger partial charge is 0.417 e. The summed E-state index contributed by atoms with van der Waals surface area (Å²) in [5, 5.41) is 0.296. The third kappa shape index (κ3) is 1.08. The van der Waals surface area contributed by atoms with Crippen molar-refractivity contribution < 1.29 is 14.0 Å². The third-order valence-corrected chi connectivity index (χ3v) is 2.10. The lowest BCUT2D eigenvalue weighted by Crippen LogP contribution is -2.02. The fourth-order valence-electron chi connectivity index (χ4n) is 1.48. The van der Waals surface area contributed by atoms with Crippen LogP contribution >= 0.6 is 0 Å². The Morgan fingerprint density at radius 1 is 1.50 bits per heavy atom. The average molecular weight is 193 g/mol. The highest BCUT2D eigenvalue weighted by Crippen LogP contribution is 2.22. The van der Waals surface area contributed by atoms with E-state index < -0.39 is 5.82 Å². The minimum absolute atomic E-state index is 0.292. The molecule has 2 aromatic rings. The lowest BCUT2D eigenvalue weighted by molar-refractivity contribution is 0.112. The molecule has 0 aliphatic carbocycles. The van der Waals surface area contributed by atoms with Crippen LogP contribution in [0.15, 0.2) is 24.4 Å². The van der Waals surface area contributed by atoms with Crippen molar-refractivity contribution in [3.63, 3.8) is 0 Å². The molecule has 3 nitrogen and oxygen atoms in total. The Morgan fingerprint density at radius 2 is 2.29 bits per heavy atom. The van der Waals surface area contributed by atoms with Gasteiger partial charge in [0.05, 0.1) is 11.7 Å². The fraction of sp³-hybridized carbons (Fsp3) is 0.100. The highest BCUT2D eigenvalue weighted by atomic mass is 19.1. The molecule has 0 aliphatic rings. The molecule has 0 amide bonds. The molecule has 4 heteroatoms. The van der Waals surface area contributed by atoms with E-state index in [1.165, 1.54) is 24.1 Å². The van der Waals surface area contributed by atoms with Crippen LogP contribution in [0.3, 0.4) is 0 Å². The van der Waals surface area contributed by atoms with Crippen molar-refractivity contribution in [3.8, 4) is 0 Å². The highest BCUT2D eigenvalue weighted by Gasteiger charge is 2.11. The maximum Gasteiger partial charge on any atom is 0.152 e. The van der Waals surface area contributed by atoms with E-state index in [9.17, 15) is 9.18 Å². The van der Waals surface area contributed by atoms with E-state index in [-0.39, 0.29) is 0 Å². The standard InChI is InChI=1S/C10H8FNO2/c1-14-12-5-7(6-13)10-8(11)3-2-4-9(10)12/h2-6H,1H3. The molecular weight excluding hydrogens is 185 g/mol. The van der Waals surface area contributed by atoms with Gasteiger partial charge >= 0.3 is 0 Å².